The number of likely N-dealkylation sites (tertiary alicyclic amines) is 1. The number of piperidine rings is 1. The van der Waals surface area contributed by atoms with E-state index in [4.69, 9.17) is 0 Å². The maximum absolute atomic E-state index is 13.3. The highest BCUT2D eigenvalue weighted by atomic mass is 32.1. The number of nitrogens with zero attached hydrogens (tertiary/aromatic N) is 3. The summed E-state index contributed by atoms with van der Waals surface area (Å²) in [5.74, 6) is 0.199. The molecule has 1 fully saturated rings. The van der Waals surface area contributed by atoms with Crippen molar-refractivity contribution >= 4 is 34.8 Å². The van der Waals surface area contributed by atoms with Gasteiger partial charge >= 0.3 is 6.03 Å². The first-order chi connectivity index (χ1) is 14.1. The summed E-state index contributed by atoms with van der Waals surface area (Å²) in [6, 6.07) is 10.7. The molecule has 2 N–H and O–H groups in total. The zero-order valence-electron chi connectivity index (χ0n) is 15.5. The number of thiophene rings is 1. The Morgan fingerprint density at radius 2 is 1.93 bits per heavy atom. The third-order valence-corrected chi connectivity index (χ3v) is 5.68. The van der Waals surface area contributed by atoms with E-state index in [1.165, 1.54) is 29.5 Å². The molecule has 29 heavy (non-hydrogen) atoms. The van der Waals surface area contributed by atoms with Crippen LogP contribution in [0.2, 0.25) is 0 Å². The lowest BCUT2D eigenvalue weighted by molar-refractivity contribution is 0.0696. The number of rotatable bonds is 4. The number of urea groups is 1. The SMILES string of the molecule is O=C(Nc1cccc(F)c1)Nc1ccnn1C1CCN(C(=O)c2cccs2)CC1. The van der Waals surface area contributed by atoms with Gasteiger partial charge in [-0.1, -0.05) is 12.1 Å². The van der Waals surface area contributed by atoms with Crippen LogP contribution < -0.4 is 10.6 Å². The Balaban J connectivity index is 1.36. The van der Waals surface area contributed by atoms with Gasteiger partial charge in [-0.15, -0.1) is 11.3 Å². The highest BCUT2D eigenvalue weighted by Crippen LogP contribution is 2.27. The summed E-state index contributed by atoms with van der Waals surface area (Å²) in [6.45, 7) is 1.27. The van der Waals surface area contributed by atoms with Crippen molar-refractivity contribution < 1.29 is 14.0 Å². The Hall–Kier alpha value is -3.20. The van der Waals surface area contributed by atoms with Crippen LogP contribution in [-0.4, -0.2) is 39.7 Å². The summed E-state index contributed by atoms with van der Waals surface area (Å²) < 4.78 is 15.0. The zero-order chi connectivity index (χ0) is 20.2. The topological polar surface area (TPSA) is 79.3 Å². The highest BCUT2D eigenvalue weighted by molar-refractivity contribution is 7.12. The van der Waals surface area contributed by atoms with E-state index in [2.05, 4.69) is 15.7 Å². The molecule has 7 nitrogen and oxygen atoms in total. The predicted molar refractivity (Wildman–Crippen MR) is 110 cm³/mol. The van der Waals surface area contributed by atoms with Crippen molar-refractivity contribution in [2.45, 2.75) is 18.9 Å². The molecule has 1 saturated heterocycles. The fourth-order valence-corrected chi connectivity index (χ4v) is 4.11. The van der Waals surface area contributed by atoms with E-state index in [1.807, 2.05) is 22.4 Å². The van der Waals surface area contributed by atoms with Crippen LogP contribution in [0.5, 0.6) is 0 Å². The van der Waals surface area contributed by atoms with Crippen molar-refractivity contribution in [3.63, 3.8) is 0 Å². The first-order valence-corrected chi connectivity index (χ1v) is 10.2. The molecule has 2 aromatic heterocycles. The van der Waals surface area contributed by atoms with Crippen molar-refractivity contribution in [2.24, 2.45) is 0 Å². The smallest absolute Gasteiger partial charge is 0.324 e. The van der Waals surface area contributed by atoms with Crippen LogP contribution in [0.1, 0.15) is 28.6 Å². The molecule has 0 saturated carbocycles. The van der Waals surface area contributed by atoms with E-state index in [9.17, 15) is 14.0 Å². The van der Waals surface area contributed by atoms with Gasteiger partial charge in [-0.25, -0.2) is 13.9 Å². The van der Waals surface area contributed by atoms with E-state index in [1.54, 1.807) is 23.0 Å². The summed E-state index contributed by atoms with van der Waals surface area (Å²) in [7, 11) is 0. The molecule has 0 radical (unpaired) electrons. The van der Waals surface area contributed by atoms with E-state index in [-0.39, 0.29) is 11.9 Å². The van der Waals surface area contributed by atoms with Gasteiger partial charge in [0.15, 0.2) is 0 Å². The molecule has 3 amide bonds. The molecule has 0 bridgehead atoms. The van der Waals surface area contributed by atoms with E-state index >= 15 is 0 Å². The second kappa shape index (κ2) is 8.44. The van der Waals surface area contributed by atoms with Gasteiger partial charge < -0.3 is 10.2 Å². The lowest BCUT2D eigenvalue weighted by atomic mass is 10.1. The monoisotopic (exact) mass is 413 g/mol. The number of hydrogen-bond acceptors (Lipinski definition) is 4. The highest BCUT2D eigenvalue weighted by Gasteiger charge is 2.26. The number of amides is 3. The average Bonchev–Trinajstić information content (AvgIpc) is 3.40. The molecule has 0 unspecified atom stereocenters. The number of nitrogens with one attached hydrogen (secondary N) is 2. The maximum Gasteiger partial charge on any atom is 0.324 e. The molecule has 9 heteroatoms. The van der Waals surface area contributed by atoms with Gasteiger partial charge in [0.05, 0.1) is 17.1 Å². The van der Waals surface area contributed by atoms with Crippen molar-refractivity contribution in [2.75, 3.05) is 23.7 Å². The van der Waals surface area contributed by atoms with Crippen LogP contribution in [0.15, 0.2) is 54.0 Å². The van der Waals surface area contributed by atoms with Crippen LogP contribution in [0.3, 0.4) is 0 Å². The quantitative estimate of drug-likeness (QED) is 0.673. The molecule has 3 aromatic rings. The molecule has 0 spiro atoms. The molecule has 0 atom stereocenters. The Morgan fingerprint density at radius 1 is 1.10 bits per heavy atom. The lowest BCUT2D eigenvalue weighted by Gasteiger charge is -2.32. The van der Waals surface area contributed by atoms with Gasteiger partial charge in [-0.05, 0) is 42.5 Å². The largest absolute Gasteiger partial charge is 0.338 e. The first kappa shape index (κ1) is 19.1. The van der Waals surface area contributed by atoms with Gasteiger partial charge in [-0.2, -0.15) is 5.10 Å². The zero-order valence-corrected chi connectivity index (χ0v) is 16.4. The Morgan fingerprint density at radius 3 is 2.66 bits per heavy atom. The predicted octanol–water partition coefficient (Wildman–Crippen LogP) is 4.21. The standard InChI is InChI=1S/C20H20FN5O2S/c21-14-3-1-4-15(13-14)23-20(28)24-18-6-9-22-26(18)16-7-10-25(11-8-16)19(27)17-5-2-12-29-17/h1-6,9,12-13,16H,7-8,10-11H2,(H2,23,24,28). The number of aromatic nitrogens is 2. The number of benzene rings is 1. The van der Waals surface area contributed by atoms with Crippen molar-refractivity contribution in [1.82, 2.24) is 14.7 Å². The number of carbonyl (C=O) groups is 2. The van der Waals surface area contributed by atoms with Crippen LogP contribution >= 0.6 is 11.3 Å². The molecule has 0 aliphatic carbocycles. The van der Waals surface area contributed by atoms with Gasteiger partial charge in [0.1, 0.15) is 11.6 Å². The van der Waals surface area contributed by atoms with Crippen LogP contribution in [-0.2, 0) is 0 Å². The second-order valence-corrected chi connectivity index (χ2v) is 7.70. The third kappa shape index (κ3) is 4.45. The third-order valence-electron chi connectivity index (χ3n) is 4.82. The van der Waals surface area contributed by atoms with E-state index in [0.29, 0.717) is 24.6 Å². The van der Waals surface area contributed by atoms with Gasteiger partial charge in [-0.3, -0.25) is 10.1 Å². The Kier molecular flexibility index (Phi) is 5.57. The molecule has 1 aromatic carbocycles. The summed E-state index contributed by atoms with van der Waals surface area (Å²) in [5.41, 5.74) is 0.369. The molecule has 1 aliphatic rings. The summed E-state index contributed by atoms with van der Waals surface area (Å²) in [5, 5.41) is 11.6. The summed E-state index contributed by atoms with van der Waals surface area (Å²) in [4.78, 5) is 27.4. The molecule has 3 heterocycles. The minimum absolute atomic E-state index is 0.0618. The van der Waals surface area contributed by atoms with Crippen molar-refractivity contribution in [3.05, 3.63) is 64.7 Å². The average molecular weight is 413 g/mol. The number of halogens is 1. The molecular weight excluding hydrogens is 393 g/mol. The number of carbonyl (C=O) groups excluding carboxylic acids is 2. The summed E-state index contributed by atoms with van der Waals surface area (Å²) >= 11 is 1.45. The van der Waals surface area contributed by atoms with Crippen LogP contribution in [0.4, 0.5) is 20.7 Å². The minimum Gasteiger partial charge on any atom is -0.338 e. The fourth-order valence-electron chi connectivity index (χ4n) is 3.42. The number of anilines is 2. The van der Waals surface area contributed by atoms with Gasteiger partial charge in [0.25, 0.3) is 5.91 Å². The first-order valence-electron chi connectivity index (χ1n) is 9.30. The lowest BCUT2D eigenvalue weighted by Crippen LogP contribution is -2.39. The molecule has 4 rings (SSSR count). The van der Waals surface area contributed by atoms with E-state index < -0.39 is 11.8 Å². The number of hydrogen-bond donors (Lipinski definition) is 2. The molecule has 1 aliphatic heterocycles. The Bertz CT molecular complexity index is 996. The maximum atomic E-state index is 13.3. The van der Waals surface area contributed by atoms with Crippen molar-refractivity contribution in [3.8, 4) is 0 Å². The summed E-state index contributed by atoms with van der Waals surface area (Å²) in [6.07, 6.45) is 3.12. The molecule has 150 valence electrons. The van der Waals surface area contributed by atoms with Crippen molar-refractivity contribution in [1.29, 1.82) is 0 Å². The fraction of sp³-hybridized carbons (Fsp3) is 0.250. The normalized spacial score (nSPS) is 14.6. The van der Waals surface area contributed by atoms with Gasteiger partial charge in [0, 0.05) is 24.8 Å². The van der Waals surface area contributed by atoms with Gasteiger partial charge in [0.2, 0.25) is 0 Å². The van der Waals surface area contributed by atoms with Crippen LogP contribution in [0.25, 0.3) is 0 Å². The second-order valence-electron chi connectivity index (χ2n) is 6.75. The minimum atomic E-state index is -0.470. The molecular formula is C20H20FN5O2S. The Labute approximate surface area is 171 Å². The van der Waals surface area contributed by atoms with E-state index in [0.717, 1.165) is 17.7 Å². The van der Waals surface area contributed by atoms with Crippen LogP contribution in [0, 0.1) is 5.82 Å².